The summed E-state index contributed by atoms with van der Waals surface area (Å²) in [6, 6.07) is 12.2. The third kappa shape index (κ3) is 3.74. The number of nitrogens with two attached hydrogens (primary N) is 1. The van der Waals surface area contributed by atoms with Crippen molar-refractivity contribution in [2.75, 3.05) is 7.11 Å². The zero-order valence-electron chi connectivity index (χ0n) is 17.3. The van der Waals surface area contributed by atoms with Gasteiger partial charge in [0.25, 0.3) is 5.56 Å². The van der Waals surface area contributed by atoms with Gasteiger partial charge in [-0.1, -0.05) is 41.4 Å². The van der Waals surface area contributed by atoms with Crippen molar-refractivity contribution in [1.82, 2.24) is 9.55 Å². The molecule has 3 heterocycles. The molecule has 0 fully saturated rings. The number of aryl methyl sites for hydroxylation is 1. The number of halogens is 2. The molecule has 0 aliphatic carbocycles. The quantitative estimate of drug-likeness (QED) is 0.581. The largest absolute Gasteiger partial charge is 0.465 e. The lowest BCUT2D eigenvalue weighted by atomic mass is 9.83. The zero-order valence-corrected chi connectivity index (χ0v) is 18.8. The minimum atomic E-state index is -0.930. The van der Waals surface area contributed by atoms with Gasteiger partial charge < -0.3 is 19.8 Å². The van der Waals surface area contributed by atoms with E-state index in [0.29, 0.717) is 17.0 Å². The Morgan fingerprint density at radius 2 is 2.03 bits per heavy atom. The molecule has 3 aromatic rings. The number of carbonyl (C=O) groups excluding carboxylic acids is 1. The molecule has 0 saturated heterocycles. The Labute approximate surface area is 194 Å². The number of esters is 1. The minimum absolute atomic E-state index is 0.0190. The molecule has 1 atom stereocenters. The van der Waals surface area contributed by atoms with Gasteiger partial charge in [-0.15, -0.1) is 0 Å². The van der Waals surface area contributed by atoms with Crippen molar-refractivity contribution < 1.29 is 14.3 Å². The first-order chi connectivity index (χ1) is 15.3. The maximum Gasteiger partial charge on any atom is 0.340 e. The summed E-state index contributed by atoms with van der Waals surface area (Å²) in [4.78, 5) is 30.7. The molecule has 1 aliphatic rings. The van der Waals surface area contributed by atoms with Crippen LogP contribution in [0.5, 0.6) is 5.75 Å². The van der Waals surface area contributed by atoms with E-state index in [9.17, 15) is 9.59 Å². The van der Waals surface area contributed by atoms with E-state index in [2.05, 4.69) is 4.98 Å². The highest BCUT2D eigenvalue weighted by atomic mass is 35.5. The van der Waals surface area contributed by atoms with Crippen molar-refractivity contribution in [2.24, 2.45) is 5.73 Å². The number of rotatable bonds is 4. The smallest absolute Gasteiger partial charge is 0.340 e. The molecule has 4 rings (SSSR count). The molecule has 2 aromatic heterocycles. The number of benzene rings is 1. The van der Waals surface area contributed by atoms with Crippen LogP contribution in [0.4, 0.5) is 0 Å². The number of fused-ring (bicyclic) bond motifs is 1. The Kier molecular flexibility index (Phi) is 5.95. The maximum atomic E-state index is 13.7. The van der Waals surface area contributed by atoms with Crippen molar-refractivity contribution in [2.45, 2.75) is 19.4 Å². The molecule has 0 bridgehead atoms. The van der Waals surface area contributed by atoms with Crippen LogP contribution in [-0.2, 0) is 16.1 Å². The van der Waals surface area contributed by atoms with Crippen molar-refractivity contribution in [3.8, 4) is 5.75 Å². The van der Waals surface area contributed by atoms with Gasteiger partial charge in [0.2, 0.25) is 5.88 Å². The van der Waals surface area contributed by atoms with Gasteiger partial charge in [0, 0.05) is 18.0 Å². The van der Waals surface area contributed by atoms with E-state index in [1.54, 1.807) is 48.0 Å². The van der Waals surface area contributed by atoms with Gasteiger partial charge in [-0.05, 0) is 30.7 Å². The van der Waals surface area contributed by atoms with Gasteiger partial charge in [0.05, 0.1) is 40.9 Å². The molecule has 2 N–H and O–H groups in total. The second-order valence-corrected chi connectivity index (χ2v) is 8.01. The molecule has 0 radical (unpaired) electrons. The molecule has 164 valence electrons. The van der Waals surface area contributed by atoms with Gasteiger partial charge in [0.1, 0.15) is 11.3 Å². The first-order valence-electron chi connectivity index (χ1n) is 9.67. The molecule has 1 aromatic carbocycles. The molecule has 0 amide bonds. The van der Waals surface area contributed by atoms with Crippen molar-refractivity contribution in [3.63, 3.8) is 0 Å². The summed E-state index contributed by atoms with van der Waals surface area (Å²) in [6.45, 7) is 2.02. The molecule has 0 unspecified atom stereocenters. The summed E-state index contributed by atoms with van der Waals surface area (Å²) < 4.78 is 12.2. The minimum Gasteiger partial charge on any atom is -0.465 e. The van der Waals surface area contributed by atoms with Crippen LogP contribution in [0.2, 0.25) is 10.0 Å². The van der Waals surface area contributed by atoms with Crippen LogP contribution in [0.25, 0.3) is 0 Å². The van der Waals surface area contributed by atoms with E-state index >= 15 is 0 Å². The lowest BCUT2D eigenvalue weighted by Crippen LogP contribution is -2.35. The highest BCUT2D eigenvalue weighted by Crippen LogP contribution is 2.44. The standard InChI is InChI=1S/C23H19Cl2N3O4/c1-12-10-16-18(22(29)28(12)11-13-6-3-4-9-27-13)17(14-7-5-8-15(24)20(14)25)19(21(26)32-16)23(30)31-2/h3-10,17H,11,26H2,1-2H3/t17-/m0/s1. The van der Waals surface area contributed by atoms with Crippen LogP contribution in [0.15, 0.2) is 64.9 Å². The summed E-state index contributed by atoms with van der Waals surface area (Å²) in [7, 11) is 1.23. The van der Waals surface area contributed by atoms with E-state index in [1.807, 2.05) is 12.1 Å². The van der Waals surface area contributed by atoms with E-state index in [4.69, 9.17) is 38.4 Å². The Hall–Kier alpha value is -3.29. The Bertz CT molecular complexity index is 1300. The van der Waals surface area contributed by atoms with Crippen LogP contribution in [0.3, 0.4) is 0 Å². The summed E-state index contributed by atoms with van der Waals surface area (Å²) in [5.41, 5.74) is 7.73. The van der Waals surface area contributed by atoms with Gasteiger partial charge in [-0.3, -0.25) is 9.78 Å². The Morgan fingerprint density at radius 1 is 1.25 bits per heavy atom. The van der Waals surface area contributed by atoms with E-state index in [0.717, 1.165) is 0 Å². The fraction of sp³-hybridized carbons (Fsp3) is 0.174. The number of aromatic nitrogens is 2. The first kappa shape index (κ1) is 21.9. The molecule has 1 aliphatic heterocycles. The van der Waals surface area contributed by atoms with Crippen LogP contribution in [0.1, 0.15) is 28.4 Å². The van der Waals surface area contributed by atoms with Crippen LogP contribution in [-0.4, -0.2) is 22.6 Å². The van der Waals surface area contributed by atoms with Crippen molar-refractivity contribution >= 4 is 29.2 Å². The topological polar surface area (TPSA) is 96.4 Å². The number of carbonyl (C=O) groups is 1. The summed E-state index contributed by atoms with van der Waals surface area (Å²) in [6.07, 6.45) is 1.66. The molecular formula is C23H19Cl2N3O4. The monoisotopic (exact) mass is 471 g/mol. The van der Waals surface area contributed by atoms with Crippen molar-refractivity contribution in [3.05, 3.63) is 103 Å². The first-order valence-corrected chi connectivity index (χ1v) is 10.4. The second kappa shape index (κ2) is 8.68. The fourth-order valence-corrected chi connectivity index (χ4v) is 4.22. The van der Waals surface area contributed by atoms with E-state index < -0.39 is 11.9 Å². The fourth-order valence-electron chi connectivity index (χ4n) is 3.80. The summed E-state index contributed by atoms with van der Waals surface area (Å²) in [5, 5.41) is 0.485. The molecule has 32 heavy (non-hydrogen) atoms. The molecular weight excluding hydrogens is 453 g/mol. The van der Waals surface area contributed by atoms with Crippen LogP contribution in [0, 0.1) is 6.92 Å². The zero-order chi connectivity index (χ0) is 23.0. The van der Waals surface area contributed by atoms with Crippen molar-refractivity contribution in [1.29, 1.82) is 0 Å². The van der Waals surface area contributed by atoms with Gasteiger partial charge in [0.15, 0.2) is 0 Å². The highest BCUT2D eigenvalue weighted by Gasteiger charge is 2.39. The third-order valence-electron chi connectivity index (χ3n) is 5.31. The SMILES string of the molecule is COC(=O)C1=C(N)Oc2cc(C)n(Cc3ccccn3)c(=O)c2[C@@H]1c1cccc(Cl)c1Cl. The highest BCUT2D eigenvalue weighted by molar-refractivity contribution is 6.42. The maximum absolute atomic E-state index is 13.7. The molecule has 0 saturated carbocycles. The number of hydrogen-bond acceptors (Lipinski definition) is 6. The predicted molar refractivity (Wildman–Crippen MR) is 121 cm³/mol. The number of pyridine rings is 2. The summed E-state index contributed by atoms with van der Waals surface area (Å²) >= 11 is 12.7. The second-order valence-electron chi connectivity index (χ2n) is 7.22. The predicted octanol–water partition coefficient (Wildman–Crippen LogP) is 3.77. The van der Waals surface area contributed by atoms with E-state index in [1.165, 1.54) is 7.11 Å². The number of hydrogen-bond donors (Lipinski definition) is 1. The molecule has 9 heteroatoms. The van der Waals surface area contributed by atoms with Gasteiger partial charge in [-0.2, -0.15) is 0 Å². The van der Waals surface area contributed by atoms with Gasteiger partial charge in [-0.25, -0.2) is 4.79 Å². The average Bonchev–Trinajstić information content (AvgIpc) is 2.78. The lowest BCUT2D eigenvalue weighted by Gasteiger charge is -2.29. The molecule has 7 nitrogen and oxygen atoms in total. The number of methoxy groups -OCH3 is 1. The van der Waals surface area contributed by atoms with E-state index in [-0.39, 0.29) is 44.9 Å². The Morgan fingerprint density at radius 3 is 2.72 bits per heavy atom. The number of nitrogens with zero attached hydrogens (tertiary/aromatic N) is 2. The lowest BCUT2D eigenvalue weighted by molar-refractivity contribution is -0.136. The normalized spacial score (nSPS) is 15.2. The Balaban J connectivity index is 1.99. The molecule has 0 spiro atoms. The average molecular weight is 472 g/mol. The van der Waals surface area contributed by atoms with Gasteiger partial charge >= 0.3 is 5.97 Å². The summed E-state index contributed by atoms with van der Waals surface area (Å²) in [5.74, 6) is -1.58. The number of ether oxygens (including phenoxy) is 2. The van der Waals surface area contributed by atoms with Crippen LogP contribution < -0.4 is 16.0 Å². The van der Waals surface area contributed by atoms with Crippen LogP contribution >= 0.6 is 23.2 Å². The third-order valence-corrected chi connectivity index (χ3v) is 6.15.